The lowest BCUT2D eigenvalue weighted by Gasteiger charge is -2.43. The molecule has 2 aromatic heterocycles. The first kappa shape index (κ1) is 38.5. The fraction of sp³-hybridized carbons (Fsp3) is 0.667. The van der Waals surface area contributed by atoms with E-state index in [9.17, 15) is 14.7 Å². The molecule has 2 aliphatic carbocycles. The van der Waals surface area contributed by atoms with E-state index >= 15 is 0 Å². The van der Waals surface area contributed by atoms with Crippen LogP contribution in [0.15, 0.2) is 49.1 Å². The van der Waals surface area contributed by atoms with Crippen LogP contribution in [0.25, 0.3) is 0 Å². The number of hydrogen-bond acceptors (Lipinski definition) is 9. The standard InChI is InChI=1S/C42H61N7O5/c1-32(53-41(52)54-36-10-6-3-7-11-36)37(40(50)51)28-49-25-21-45-39(49)30-47(29-38-43-19-20-44-38)27-34-14-12-33(13-15-34)26-46-22-16-42(31-46)17-23-48(24-18-42)35-8-4-2-5-9-35/h12-15,19-21,25,32,35-37H,2-11,16-18,22-24,26-31H2,1H3,(H,43,44)(H,50,51). The normalized spacial score (nSPS) is 21.4. The molecule has 2 aliphatic heterocycles. The van der Waals surface area contributed by atoms with E-state index in [2.05, 4.69) is 53.9 Å². The lowest BCUT2D eigenvalue weighted by molar-refractivity contribution is -0.146. The van der Waals surface area contributed by atoms with Gasteiger partial charge < -0.3 is 29.0 Å². The van der Waals surface area contributed by atoms with Gasteiger partial charge in [-0.3, -0.25) is 14.6 Å². The number of H-pyrrole nitrogens is 1. The second-order valence-corrected chi connectivity index (χ2v) is 16.7. The first-order chi connectivity index (χ1) is 26.3. The number of nitrogens with zero attached hydrogens (tertiary/aromatic N) is 6. The topological polar surface area (TPSA) is 129 Å². The quantitative estimate of drug-likeness (QED) is 0.157. The van der Waals surface area contributed by atoms with Gasteiger partial charge in [-0.05, 0) is 101 Å². The zero-order valence-corrected chi connectivity index (χ0v) is 32.2. The van der Waals surface area contributed by atoms with Crippen molar-refractivity contribution in [1.82, 2.24) is 34.2 Å². The lowest BCUT2D eigenvalue weighted by Crippen LogP contribution is -2.46. The molecule has 4 aliphatic rings. The summed E-state index contributed by atoms with van der Waals surface area (Å²) in [5.74, 6) is -0.430. The van der Waals surface area contributed by atoms with Crippen molar-refractivity contribution in [3.63, 3.8) is 0 Å². The van der Waals surface area contributed by atoms with E-state index < -0.39 is 24.1 Å². The van der Waals surface area contributed by atoms with Crippen LogP contribution in [0.1, 0.15) is 113 Å². The van der Waals surface area contributed by atoms with Crippen LogP contribution in [0.3, 0.4) is 0 Å². The van der Waals surface area contributed by atoms with Crippen LogP contribution >= 0.6 is 0 Å². The summed E-state index contributed by atoms with van der Waals surface area (Å²) >= 11 is 0. The Morgan fingerprint density at radius 2 is 1.61 bits per heavy atom. The number of piperidine rings is 1. The summed E-state index contributed by atoms with van der Waals surface area (Å²) in [4.78, 5) is 45.0. The molecule has 0 bridgehead atoms. The molecule has 0 amide bonds. The second kappa shape index (κ2) is 18.3. The Morgan fingerprint density at radius 1 is 0.907 bits per heavy atom. The first-order valence-corrected chi connectivity index (χ1v) is 20.7. The molecule has 2 atom stereocenters. The average molecular weight is 744 g/mol. The van der Waals surface area contributed by atoms with E-state index in [1.54, 1.807) is 25.5 Å². The Labute approximate surface area is 320 Å². The number of aromatic nitrogens is 4. The van der Waals surface area contributed by atoms with Crippen LogP contribution in [0, 0.1) is 11.3 Å². The van der Waals surface area contributed by atoms with Gasteiger partial charge in [0.15, 0.2) is 0 Å². The van der Waals surface area contributed by atoms with Gasteiger partial charge in [-0.25, -0.2) is 14.8 Å². The van der Waals surface area contributed by atoms with Crippen LogP contribution in [0.5, 0.6) is 0 Å². The molecular weight excluding hydrogens is 683 g/mol. The summed E-state index contributed by atoms with van der Waals surface area (Å²) in [5.41, 5.74) is 3.04. The number of carboxylic acids is 1. The Morgan fingerprint density at radius 3 is 2.31 bits per heavy atom. The Hall–Kier alpha value is -3.74. The Kier molecular flexibility index (Phi) is 13.0. The van der Waals surface area contributed by atoms with Crippen molar-refractivity contribution >= 4 is 12.1 Å². The number of ether oxygens (including phenoxy) is 2. The van der Waals surface area contributed by atoms with Crippen molar-refractivity contribution in [3.05, 3.63) is 71.8 Å². The minimum absolute atomic E-state index is 0.113. The molecule has 7 rings (SSSR count). The predicted octanol–water partition coefficient (Wildman–Crippen LogP) is 7.00. The molecule has 294 valence electrons. The number of carboxylic acid groups (broad SMARTS) is 1. The van der Waals surface area contributed by atoms with Gasteiger partial charge >= 0.3 is 12.1 Å². The Balaban J connectivity index is 0.933. The highest BCUT2D eigenvalue weighted by Crippen LogP contribution is 2.42. The summed E-state index contributed by atoms with van der Waals surface area (Å²) in [6, 6.07) is 9.85. The van der Waals surface area contributed by atoms with Gasteiger partial charge in [0.25, 0.3) is 0 Å². The fourth-order valence-electron chi connectivity index (χ4n) is 9.49. The molecule has 2 N–H and O–H groups in total. The van der Waals surface area contributed by atoms with E-state index in [1.807, 2.05) is 10.8 Å². The fourth-order valence-corrected chi connectivity index (χ4v) is 9.49. The number of nitrogens with one attached hydrogen (secondary N) is 1. The molecule has 1 spiro atoms. The number of benzene rings is 1. The van der Waals surface area contributed by atoms with Gasteiger partial charge in [-0.1, -0.05) is 49.9 Å². The third-order valence-corrected chi connectivity index (χ3v) is 12.8. The van der Waals surface area contributed by atoms with Gasteiger partial charge in [-0.2, -0.15) is 0 Å². The number of aromatic amines is 1. The molecule has 12 nitrogen and oxygen atoms in total. The molecule has 4 heterocycles. The van der Waals surface area contributed by atoms with E-state index in [1.165, 1.54) is 88.7 Å². The average Bonchev–Trinajstić information content (AvgIpc) is 3.95. The molecular formula is C42H61N7O5. The van der Waals surface area contributed by atoms with Crippen LogP contribution < -0.4 is 0 Å². The zero-order chi connectivity index (χ0) is 37.3. The SMILES string of the molecule is CC(OC(=O)OC1CCCCC1)C(Cn1ccnc1CN(Cc1ccc(CN2CCC3(CCN(C4CCCCC4)CC3)C2)cc1)Cc1ncc[nH]1)C(=O)O. The van der Waals surface area contributed by atoms with Gasteiger partial charge in [0.1, 0.15) is 29.8 Å². The number of likely N-dealkylation sites (tertiary alicyclic amines) is 2. The molecule has 2 saturated heterocycles. The number of rotatable bonds is 15. The molecule has 12 heteroatoms. The van der Waals surface area contributed by atoms with Crippen LogP contribution in [-0.4, -0.2) is 95.9 Å². The summed E-state index contributed by atoms with van der Waals surface area (Å²) < 4.78 is 12.9. The van der Waals surface area contributed by atoms with Gasteiger partial charge in [-0.15, -0.1) is 0 Å². The van der Waals surface area contributed by atoms with E-state index in [4.69, 9.17) is 9.47 Å². The number of imidazole rings is 2. The maximum Gasteiger partial charge on any atom is 0.508 e. The number of hydrogen-bond donors (Lipinski definition) is 2. The maximum absolute atomic E-state index is 12.5. The van der Waals surface area contributed by atoms with Crippen molar-refractivity contribution in [1.29, 1.82) is 0 Å². The van der Waals surface area contributed by atoms with E-state index in [0.717, 1.165) is 56.3 Å². The van der Waals surface area contributed by atoms with Gasteiger partial charge in [0.05, 0.1) is 13.1 Å². The highest BCUT2D eigenvalue weighted by atomic mass is 16.7. The van der Waals surface area contributed by atoms with E-state index in [0.29, 0.717) is 25.0 Å². The molecule has 4 fully saturated rings. The van der Waals surface area contributed by atoms with Crippen LogP contribution in [0.4, 0.5) is 4.79 Å². The third kappa shape index (κ3) is 10.3. The van der Waals surface area contributed by atoms with E-state index in [-0.39, 0.29) is 12.6 Å². The molecule has 2 unspecified atom stereocenters. The minimum Gasteiger partial charge on any atom is -0.481 e. The van der Waals surface area contributed by atoms with Gasteiger partial charge in [0, 0.05) is 57.0 Å². The van der Waals surface area contributed by atoms with Crippen LogP contribution in [0.2, 0.25) is 0 Å². The monoisotopic (exact) mass is 743 g/mol. The molecule has 1 aromatic carbocycles. The smallest absolute Gasteiger partial charge is 0.481 e. The Bertz CT molecular complexity index is 1610. The molecule has 2 saturated carbocycles. The summed E-state index contributed by atoms with van der Waals surface area (Å²) in [6.45, 7) is 9.43. The van der Waals surface area contributed by atoms with Crippen LogP contribution in [-0.2, 0) is 47.0 Å². The summed E-state index contributed by atoms with van der Waals surface area (Å²) in [6.07, 6.45) is 21.2. The number of carbonyl (C=O) groups is 2. The van der Waals surface area contributed by atoms with Gasteiger partial charge in [0.2, 0.25) is 0 Å². The highest BCUT2D eigenvalue weighted by molar-refractivity contribution is 5.71. The predicted molar refractivity (Wildman–Crippen MR) is 205 cm³/mol. The van der Waals surface area contributed by atoms with Crippen molar-refractivity contribution in [2.75, 3.05) is 26.2 Å². The molecule has 0 radical (unpaired) electrons. The summed E-state index contributed by atoms with van der Waals surface area (Å²) in [5, 5.41) is 10.2. The van der Waals surface area contributed by atoms with Crippen molar-refractivity contribution in [2.45, 2.75) is 141 Å². The maximum atomic E-state index is 12.5. The number of carbonyl (C=O) groups excluding carboxylic acids is 1. The highest BCUT2D eigenvalue weighted by Gasteiger charge is 2.41. The van der Waals surface area contributed by atoms with Crippen molar-refractivity contribution < 1.29 is 24.2 Å². The lowest BCUT2D eigenvalue weighted by atomic mass is 9.77. The first-order valence-electron chi connectivity index (χ1n) is 20.7. The molecule has 3 aromatic rings. The summed E-state index contributed by atoms with van der Waals surface area (Å²) in [7, 11) is 0. The zero-order valence-electron chi connectivity index (χ0n) is 32.2. The largest absolute Gasteiger partial charge is 0.508 e. The third-order valence-electron chi connectivity index (χ3n) is 12.8. The molecule has 54 heavy (non-hydrogen) atoms. The van der Waals surface area contributed by atoms with Crippen molar-refractivity contribution in [3.8, 4) is 0 Å². The minimum atomic E-state index is -1.04. The number of aliphatic carboxylic acids is 1. The second-order valence-electron chi connectivity index (χ2n) is 16.7. The van der Waals surface area contributed by atoms with Crippen molar-refractivity contribution in [2.24, 2.45) is 11.3 Å².